The van der Waals surface area contributed by atoms with Gasteiger partial charge in [-0.1, -0.05) is 29.8 Å². The first-order valence-corrected chi connectivity index (χ1v) is 5.40. The second-order valence-electron chi connectivity index (χ2n) is 3.46. The predicted octanol–water partition coefficient (Wildman–Crippen LogP) is 2.81. The van der Waals surface area contributed by atoms with Crippen LogP contribution in [0.4, 0.5) is 0 Å². The molecule has 2 aromatic rings. The van der Waals surface area contributed by atoms with Gasteiger partial charge in [0.25, 0.3) is 0 Å². The fourth-order valence-electron chi connectivity index (χ4n) is 1.48. The van der Waals surface area contributed by atoms with Crippen molar-refractivity contribution in [2.24, 2.45) is 0 Å². The smallest absolute Gasteiger partial charge is 0.232 e. The molecular weight excluding hydrogens is 224 g/mol. The van der Waals surface area contributed by atoms with E-state index in [1.54, 1.807) is 12.4 Å². The summed E-state index contributed by atoms with van der Waals surface area (Å²) in [6, 6.07) is 7.56. The van der Waals surface area contributed by atoms with E-state index in [1.807, 2.05) is 24.3 Å². The molecule has 0 saturated carbocycles. The Kier molecular flexibility index (Phi) is 3.37. The maximum atomic E-state index is 11.7. The molecule has 0 aliphatic heterocycles. The van der Waals surface area contributed by atoms with Crippen LogP contribution in [-0.2, 0) is 6.42 Å². The molecule has 0 unspecified atom stereocenters. The number of hydrogen-bond acceptors (Lipinski definition) is 2. The average molecular weight is 235 g/mol. The van der Waals surface area contributed by atoms with Crippen molar-refractivity contribution in [1.29, 1.82) is 0 Å². The molecule has 3 nitrogen and oxygen atoms in total. The van der Waals surface area contributed by atoms with Gasteiger partial charge in [0.15, 0.2) is 0 Å². The zero-order valence-corrected chi connectivity index (χ0v) is 9.39. The number of benzene rings is 1. The monoisotopic (exact) mass is 234 g/mol. The maximum absolute atomic E-state index is 11.7. The molecule has 0 aliphatic rings. The lowest BCUT2D eigenvalue weighted by Gasteiger charge is -2.03. The van der Waals surface area contributed by atoms with Gasteiger partial charge in [-0.05, 0) is 18.1 Å². The molecule has 4 heteroatoms. The van der Waals surface area contributed by atoms with E-state index in [0.29, 0.717) is 17.9 Å². The molecule has 1 aromatic heterocycles. The van der Waals surface area contributed by atoms with E-state index in [-0.39, 0.29) is 5.91 Å². The summed E-state index contributed by atoms with van der Waals surface area (Å²) in [5.41, 5.74) is 0.998. The van der Waals surface area contributed by atoms with Crippen LogP contribution in [0.25, 0.3) is 0 Å². The number of rotatable bonds is 3. The van der Waals surface area contributed by atoms with E-state index in [4.69, 9.17) is 11.6 Å². The topological polar surface area (TPSA) is 34.9 Å². The van der Waals surface area contributed by atoms with Crippen molar-refractivity contribution in [3.8, 4) is 0 Å². The second kappa shape index (κ2) is 4.94. The molecule has 2 rings (SSSR count). The van der Waals surface area contributed by atoms with E-state index in [9.17, 15) is 4.79 Å². The van der Waals surface area contributed by atoms with Crippen LogP contribution in [-0.4, -0.2) is 15.5 Å². The van der Waals surface area contributed by atoms with Crippen LogP contribution in [0.3, 0.4) is 0 Å². The van der Waals surface area contributed by atoms with Crippen LogP contribution in [0.1, 0.15) is 16.8 Å². The summed E-state index contributed by atoms with van der Waals surface area (Å²) in [4.78, 5) is 15.5. The van der Waals surface area contributed by atoms with Gasteiger partial charge >= 0.3 is 0 Å². The number of carbonyl (C=O) groups excluding carboxylic acids is 1. The van der Waals surface area contributed by atoms with Crippen LogP contribution >= 0.6 is 11.6 Å². The van der Waals surface area contributed by atoms with Crippen LogP contribution in [0, 0.1) is 0 Å². The molecule has 0 spiro atoms. The summed E-state index contributed by atoms with van der Waals surface area (Å²) in [5, 5.41) is 0.709. The van der Waals surface area contributed by atoms with E-state index in [0.717, 1.165) is 5.56 Å². The molecule has 0 N–H and O–H groups in total. The quantitative estimate of drug-likeness (QED) is 0.819. The first-order chi connectivity index (χ1) is 7.77. The summed E-state index contributed by atoms with van der Waals surface area (Å²) >= 11 is 6.00. The van der Waals surface area contributed by atoms with Crippen molar-refractivity contribution >= 4 is 17.5 Å². The summed E-state index contributed by atoms with van der Waals surface area (Å²) in [5.74, 6) is 0.0254. The number of imidazole rings is 1. The van der Waals surface area contributed by atoms with Gasteiger partial charge in [-0.15, -0.1) is 0 Å². The lowest BCUT2D eigenvalue weighted by molar-refractivity contribution is 0.0903. The minimum Gasteiger partial charge on any atom is -0.276 e. The Morgan fingerprint density at radius 1 is 1.38 bits per heavy atom. The fraction of sp³-hybridized carbons (Fsp3) is 0.167. The molecule has 0 saturated heterocycles. The number of halogens is 1. The van der Waals surface area contributed by atoms with E-state index >= 15 is 0 Å². The highest BCUT2D eigenvalue weighted by atomic mass is 35.5. The molecule has 1 aromatic carbocycles. The van der Waals surface area contributed by atoms with Gasteiger partial charge in [-0.25, -0.2) is 4.98 Å². The molecule has 82 valence electrons. The maximum Gasteiger partial charge on any atom is 0.232 e. The number of hydrogen-bond donors (Lipinski definition) is 0. The minimum atomic E-state index is 0.0254. The molecule has 0 aliphatic carbocycles. The molecule has 0 radical (unpaired) electrons. The van der Waals surface area contributed by atoms with Crippen LogP contribution in [0.5, 0.6) is 0 Å². The Hall–Kier alpha value is -1.61. The van der Waals surface area contributed by atoms with Crippen molar-refractivity contribution in [2.45, 2.75) is 12.8 Å². The third-order valence-electron chi connectivity index (χ3n) is 2.36. The highest BCUT2D eigenvalue weighted by Crippen LogP contribution is 2.16. The predicted molar refractivity (Wildman–Crippen MR) is 62.6 cm³/mol. The number of nitrogens with zero attached hydrogens (tertiary/aromatic N) is 2. The molecule has 0 atom stereocenters. The SMILES string of the molecule is O=C(CCc1ccccc1Cl)n1ccnc1. The third kappa shape index (κ3) is 2.49. The highest BCUT2D eigenvalue weighted by molar-refractivity contribution is 6.31. The Morgan fingerprint density at radius 2 is 2.19 bits per heavy atom. The van der Waals surface area contributed by atoms with E-state index < -0.39 is 0 Å². The molecule has 0 fully saturated rings. The first kappa shape index (κ1) is 10.9. The van der Waals surface area contributed by atoms with E-state index in [2.05, 4.69) is 4.98 Å². The molecule has 1 heterocycles. The van der Waals surface area contributed by atoms with Gasteiger partial charge in [0.05, 0.1) is 0 Å². The molecule has 0 amide bonds. The zero-order valence-electron chi connectivity index (χ0n) is 8.64. The lowest BCUT2D eigenvalue weighted by atomic mass is 10.1. The normalized spacial score (nSPS) is 10.3. The minimum absolute atomic E-state index is 0.0254. The van der Waals surface area contributed by atoms with Gasteiger partial charge in [0.2, 0.25) is 5.91 Å². The van der Waals surface area contributed by atoms with Gasteiger partial charge in [-0.2, -0.15) is 0 Å². The molecule has 0 bridgehead atoms. The summed E-state index contributed by atoms with van der Waals surface area (Å²) in [6.07, 6.45) is 5.83. The fourth-order valence-corrected chi connectivity index (χ4v) is 1.71. The second-order valence-corrected chi connectivity index (χ2v) is 3.86. The van der Waals surface area contributed by atoms with Crippen molar-refractivity contribution in [2.75, 3.05) is 0 Å². The van der Waals surface area contributed by atoms with Crippen molar-refractivity contribution < 1.29 is 4.79 Å². The standard InChI is InChI=1S/C12H11ClN2O/c13-11-4-2-1-3-10(11)5-6-12(16)15-8-7-14-9-15/h1-4,7-9H,5-6H2. The Balaban J connectivity index is 1.98. The Morgan fingerprint density at radius 3 is 2.88 bits per heavy atom. The van der Waals surface area contributed by atoms with Crippen molar-refractivity contribution in [3.05, 3.63) is 53.6 Å². The number of aryl methyl sites for hydroxylation is 1. The zero-order chi connectivity index (χ0) is 11.4. The number of aromatic nitrogens is 2. The summed E-state index contributed by atoms with van der Waals surface area (Å²) in [6.45, 7) is 0. The Labute approximate surface area is 98.7 Å². The first-order valence-electron chi connectivity index (χ1n) is 5.02. The summed E-state index contributed by atoms with van der Waals surface area (Å²) in [7, 11) is 0. The number of carbonyl (C=O) groups is 1. The van der Waals surface area contributed by atoms with Gasteiger partial charge < -0.3 is 0 Å². The van der Waals surface area contributed by atoms with E-state index in [1.165, 1.54) is 10.9 Å². The van der Waals surface area contributed by atoms with Crippen LogP contribution in [0.2, 0.25) is 5.02 Å². The van der Waals surface area contributed by atoms with Crippen LogP contribution < -0.4 is 0 Å². The highest BCUT2D eigenvalue weighted by Gasteiger charge is 2.06. The summed E-state index contributed by atoms with van der Waals surface area (Å²) < 4.78 is 1.48. The lowest BCUT2D eigenvalue weighted by Crippen LogP contribution is -2.09. The van der Waals surface area contributed by atoms with Crippen LogP contribution in [0.15, 0.2) is 43.0 Å². The largest absolute Gasteiger partial charge is 0.276 e. The average Bonchev–Trinajstić information content (AvgIpc) is 2.81. The van der Waals surface area contributed by atoms with Gasteiger partial charge in [-0.3, -0.25) is 9.36 Å². The van der Waals surface area contributed by atoms with Gasteiger partial charge in [0.1, 0.15) is 6.33 Å². The third-order valence-corrected chi connectivity index (χ3v) is 2.73. The van der Waals surface area contributed by atoms with Crippen molar-refractivity contribution in [3.63, 3.8) is 0 Å². The van der Waals surface area contributed by atoms with Crippen molar-refractivity contribution in [1.82, 2.24) is 9.55 Å². The Bertz CT molecular complexity index is 480. The van der Waals surface area contributed by atoms with Gasteiger partial charge in [0, 0.05) is 23.8 Å². The molecule has 16 heavy (non-hydrogen) atoms. The molecular formula is C12H11ClN2O.